The molecule has 0 radical (unpaired) electrons. The molecule has 3 aliphatic rings. The van der Waals surface area contributed by atoms with E-state index in [2.05, 4.69) is 4.98 Å². The van der Waals surface area contributed by atoms with Crippen molar-refractivity contribution >= 4 is 11.8 Å². The normalized spacial score (nSPS) is 25.3. The SMILES string of the molecule is CN1CCN(CC(=O)N2C3CCC2CC(O)C3)CCOc2ccccc2Oc2ncccc2C1=O. The minimum absolute atomic E-state index is 0.0842. The number of rotatable bonds is 2. The van der Waals surface area contributed by atoms with Gasteiger partial charge in [-0.3, -0.25) is 14.5 Å². The molecule has 1 aromatic heterocycles. The highest BCUT2D eigenvalue weighted by Crippen LogP contribution is 2.36. The van der Waals surface area contributed by atoms with E-state index in [4.69, 9.17) is 9.47 Å². The van der Waals surface area contributed by atoms with Crippen molar-refractivity contribution < 1.29 is 24.2 Å². The average Bonchev–Trinajstić information content (AvgIpc) is 3.14. The lowest BCUT2D eigenvalue weighted by Gasteiger charge is -2.38. The molecule has 2 saturated heterocycles. The molecule has 0 saturated carbocycles. The molecule has 4 heterocycles. The summed E-state index contributed by atoms with van der Waals surface area (Å²) >= 11 is 0. The van der Waals surface area contributed by atoms with Gasteiger partial charge in [0.15, 0.2) is 11.5 Å². The van der Waals surface area contributed by atoms with Crippen molar-refractivity contribution in [1.82, 2.24) is 19.7 Å². The van der Waals surface area contributed by atoms with Crippen molar-refractivity contribution in [3.05, 3.63) is 48.2 Å². The summed E-state index contributed by atoms with van der Waals surface area (Å²) in [5, 5.41) is 10.1. The monoisotopic (exact) mass is 480 g/mol. The quantitative estimate of drug-likeness (QED) is 0.704. The Balaban J connectivity index is 1.35. The number of aliphatic hydroxyl groups is 1. The van der Waals surface area contributed by atoms with Gasteiger partial charge in [-0.05, 0) is 49.9 Å². The molecule has 2 atom stereocenters. The van der Waals surface area contributed by atoms with Crippen LogP contribution in [0, 0.1) is 0 Å². The van der Waals surface area contributed by atoms with Crippen molar-refractivity contribution in [2.75, 3.05) is 39.8 Å². The second-order valence-electron chi connectivity index (χ2n) is 9.57. The molecule has 9 heteroatoms. The van der Waals surface area contributed by atoms with Crippen LogP contribution < -0.4 is 9.47 Å². The van der Waals surface area contributed by atoms with E-state index in [1.54, 1.807) is 36.3 Å². The maximum Gasteiger partial charge on any atom is 0.259 e. The number of nitrogens with zero attached hydrogens (tertiary/aromatic N) is 4. The van der Waals surface area contributed by atoms with Crippen LogP contribution in [-0.2, 0) is 4.79 Å². The van der Waals surface area contributed by atoms with Crippen molar-refractivity contribution in [1.29, 1.82) is 0 Å². The predicted octanol–water partition coefficient (Wildman–Crippen LogP) is 2.15. The van der Waals surface area contributed by atoms with Crippen LogP contribution in [0.1, 0.15) is 36.0 Å². The molecule has 0 aliphatic carbocycles. The van der Waals surface area contributed by atoms with E-state index in [1.165, 1.54) is 0 Å². The van der Waals surface area contributed by atoms with E-state index >= 15 is 0 Å². The van der Waals surface area contributed by atoms with Crippen molar-refractivity contribution in [3.63, 3.8) is 0 Å². The van der Waals surface area contributed by atoms with Gasteiger partial charge in [0.1, 0.15) is 12.2 Å². The molecular weight excluding hydrogens is 448 g/mol. The number of benzene rings is 1. The summed E-state index contributed by atoms with van der Waals surface area (Å²) in [5.74, 6) is 1.15. The highest BCUT2D eigenvalue weighted by atomic mass is 16.5. The van der Waals surface area contributed by atoms with Gasteiger partial charge in [-0.2, -0.15) is 0 Å². The van der Waals surface area contributed by atoms with Crippen LogP contribution in [-0.4, -0.2) is 94.6 Å². The first kappa shape index (κ1) is 23.6. The van der Waals surface area contributed by atoms with Crippen LogP contribution in [0.2, 0.25) is 0 Å². The van der Waals surface area contributed by atoms with E-state index in [9.17, 15) is 14.7 Å². The van der Waals surface area contributed by atoms with Gasteiger partial charge in [-0.25, -0.2) is 4.98 Å². The molecule has 35 heavy (non-hydrogen) atoms. The first-order valence-corrected chi connectivity index (χ1v) is 12.3. The number of para-hydroxylation sites is 2. The summed E-state index contributed by atoms with van der Waals surface area (Å²) < 4.78 is 12.1. The third-order valence-electron chi connectivity index (χ3n) is 7.18. The number of aromatic nitrogens is 1. The van der Waals surface area contributed by atoms with E-state index in [-0.39, 0.29) is 42.4 Å². The highest BCUT2D eigenvalue weighted by Gasteiger charge is 2.42. The van der Waals surface area contributed by atoms with Crippen molar-refractivity contribution in [3.8, 4) is 17.4 Å². The minimum Gasteiger partial charge on any atom is -0.488 e. The summed E-state index contributed by atoms with van der Waals surface area (Å²) in [6.07, 6.45) is 4.51. The van der Waals surface area contributed by atoms with E-state index < -0.39 is 0 Å². The number of piperidine rings is 1. The minimum atomic E-state index is -0.310. The third kappa shape index (κ3) is 5.11. The maximum atomic E-state index is 13.3. The van der Waals surface area contributed by atoms with Crippen LogP contribution in [0.5, 0.6) is 17.4 Å². The average molecular weight is 481 g/mol. The fraction of sp³-hybridized carbons (Fsp3) is 0.500. The summed E-state index contributed by atoms with van der Waals surface area (Å²) in [5.41, 5.74) is 0.370. The smallest absolute Gasteiger partial charge is 0.259 e. The second kappa shape index (κ2) is 10.2. The Kier molecular flexibility index (Phi) is 6.88. The lowest BCUT2D eigenvalue weighted by atomic mass is 10.00. The molecular formula is C26H32N4O5. The molecule has 186 valence electrons. The molecule has 3 aliphatic heterocycles. The number of carbonyl (C=O) groups excluding carboxylic acids is 2. The van der Waals surface area contributed by atoms with Crippen molar-refractivity contribution in [2.45, 2.75) is 43.9 Å². The van der Waals surface area contributed by atoms with Crippen LogP contribution in [0.3, 0.4) is 0 Å². The van der Waals surface area contributed by atoms with E-state index in [1.807, 2.05) is 28.0 Å². The summed E-state index contributed by atoms with van der Waals surface area (Å²) in [6, 6.07) is 11.0. The Morgan fingerprint density at radius 3 is 2.57 bits per heavy atom. The summed E-state index contributed by atoms with van der Waals surface area (Å²) in [4.78, 5) is 36.5. The molecule has 2 fully saturated rings. The number of fused-ring (bicyclic) bond motifs is 4. The fourth-order valence-electron chi connectivity index (χ4n) is 5.37. The fourth-order valence-corrected chi connectivity index (χ4v) is 5.37. The van der Waals surface area contributed by atoms with Gasteiger partial charge in [0, 0.05) is 45.0 Å². The number of hydrogen-bond donors (Lipinski definition) is 1. The topological polar surface area (TPSA) is 95.4 Å². The molecule has 1 N–H and O–H groups in total. The molecule has 2 bridgehead atoms. The lowest BCUT2D eigenvalue weighted by Crippen LogP contribution is -2.52. The first-order valence-electron chi connectivity index (χ1n) is 12.3. The van der Waals surface area contributed by atoms with Gasteiger partial charge in [-0.1, -0.05) is 12.1 Å². The van der Waals surface area contributed by atoms with Crippen LogP contribution in [0.15, 0.2) is 42.6 Å². The summed E-state index contributed by atoms with van der Waals surface area (Å²) in [6.45, 7) is 2.12. The number of pyridine rings is 1. The zero-order chi connectivity index (χ0) is 24.4. The van der Waals surface area contributed by atoms with Gasteiger partial charge < -0.3 is 24.4 Å². The Labute approximate surface area is 205 Å². The second-order valence-corrected chi connectivity index (χ2v) is 9.57. The predicted molar refractivity (Wildman–Crippen MR) is 129 cm³/mol. The Morgan fingerprint density at radius 1 is 1.06 bits per heavy atom. The number of carbonyl (C=O) groups is 2. The van der Waals surface area contributed by atoms with E-state index in [0.29, 0.717) is 56.1 Å². The van der Waals surface area contributed by atoms with Gasteiger partial charge in [0.25, 0.3) is 5.91 Å². The molecule has 5 rings (SSSR count). The Bertz CT molecular complexity index is 1070. The van der Waals surface area contributed by atoms with E-state index in [0.717, 1.165) is 12.8 Å². The van der Waals surface area contributed by atoms with Crippen LogP contribution in [0.4, 0.5) is 0 Å². The number of aliphatic hydroxyl groups excluding tert-OH is 1. The van der Waals surface area contributed by atoms with Crippen LogP contribution >= 0.6 is 0 Å². The third-order valence-corrected chi connectivity index (χ3v) is 7.18. The Hall–Kier alpha value is -3.17. The molecule has 1 aromatic carbocycles. The first-order chi connectivity index (χ1) is 17.0. The lowest BCUT2D eigenvalue weighted by molar-refractivity contribution is -0.138. The van der Waals surface area contributed by atoms with Gasteiger partial charge in [0.2, 0.25) is 11.8 Å². The van der Waals surface area contributed by atoms with Gasteiger partial charge in [0.05, 0.1) is 12.6 Å². The molecule has 2 unspecified atom stereocenters. The zero-order valence-corrected chi connectivity index (χ0v) is 20.0. The molecule has 9 nitrogen and oxygen atoms in total. The molecule has 0 spiro atoms. The van der Waals surface area contributed by atoms with Gasteiger partial charge in [-0.15, -0.1) is 0 Å². The number of hydrogen-bond acceptors (Lipinski definition) is 7. The van der Waals surface area contributed by atoms with Crippen molar-refractivity contribution in [2.24, 2.45) is 0 Å². The number of amides is 2. The highest BCUT2D eigenvalue weighted by molar-refractivity contribution is 5.96. The van der Waals surface area contributed by atoms with Gasteiger partial charge >= 0.3 is 0 Å². The Morgan fingerprint density at radius 2 is 1.80 bits per heavy atom. The number of ether oxygens (including phenoxy) is 2. The molecule has 2 aromatic rings. The number of likely N-dealkylation sites (N-methyl/N-ethyl adjacent to an activating group) is 1. The summed E-state index contributed by atoms with van der Waals surface area (Å²) in [7, 11) is 1.75. The standard InChI is InChI=1S/C26H32N4O5/c1-28-11-12-29(17-24(32)30-18-8-9-19(30)16-20(31)15-18)13-14-34-22-6-2-3-7-23(22)35-25-21(26(28)33)5-4-10-27-25/h2-7,10,18-20,31H,8-9,11-17H2,1H3. The zero-order valence-electron chi connectivity index (χ0n) is 20.0. The molecule has 2 amide bonds. The largest absolute Gasteiger partial charge is 0.488 e. The van der Waals surface area contributed by atoms with Crippen LogP contribution in [0.25, 0.3) is 0 Å². The maximum absolute atomic E-state index is 13.3.